The van der Waals surface area contributed by atoms with Crippen molar-refractivity contribution in [1.29, 1.82) is 0 Å². The Morgan fingerprint density at radius 3 is 2.47 bits per heavy atom. The van der Waals surface area contributed by atoms with Crippen molar-refractivity contribution in [2.24, 2.45) is 0 Å². The van der Waals surface area contributed by atoms with Crippen LogP contribution in [0.3, 0.4) is 0 Å². The maximum Gasteiger partial charge on any atom is 0.338 e. The third kappa shape index (κ3) is 2.33. The van der Waals surface area contributed by atoms with Crippen LogP contribution in [-0.4, -0.2) is 13.1 Å². The average Bonchev–Trinajstić information content (AvgIpc) is 2.67. The third-order valence-corrected chi connectivity index (χ3v) is 2.60. The molecule has 0 amide bonds. The van der Waals surface area contributed by atoms with E-state index >= 15 is 0 Å². The Morgan fingerprint density at radius 1 is 1.24 bits per heavy atom. The van der Waals surface area contributed by atoms with Gasteiger partial charge in [0.2, 0.25) is 0 Å². The van der Waals surface area contributed by atoms with Crippen molar-refractivity contribution >= 4 is 16.9 Å². The number of hydrogen-bond acceptors (Lipinski definition) is 3. The van der Waals surface area contributed by atoms with E-state index < -0.39 is 0 Å². The van der Waals surface area contributed by atoms with E-state index in [0.29, 0.717) is 5.56 Å². The van der Waals surface area contributed by atoms with Crippen LogP contribution in [0.4, 0.5) is 0 Å². The second-order valence-electron chi connectivity index (χ2n) is 3.45. The van der Waals surface area contributed by atoms with Crippen molar-refractivity contribution in [1.82, 2.24) is 0 Å². The van der Waals surface area contributed by atoms with Crippen molar-refractivity contribution in [3.05, 3.63) is 35.1 Å². The van der Waals surface area contributed by atoms with Gasteiger partial charge in [-0.05, 0) is 31.5 Å². The molecule has 3 nitrogen and oxygen atoms in total. The summed E-state index contributed by atoms with van der Waals surface area (Å²) in [7, 11) is 1.38. The lowest BCUT2D eigenvalue weighted by molar-refractivity contribution is 0.0603. The zero-order chi connectivity index (χ0) is 13.0. The summed E-state index contributed by atoms with van der Waals surface area (Å²) in [6.07, 6.45) is 0. The Hall–Kier alpha value is -1.77. The second kappa shape index (κ2) is 5.53. The highest BCUT2D eigenvalue weighted by Crippen LogP contribution is 2.28. The highest BCUT2D eigenvalue weighted by atomic mass is 16.5. The van der Waals surface area contributed by atoms with E-state index in [2.05, 4.69) is 0 Å². The van der Waals surface area contributed by atoms with Gasteiger partial charge in [-0.1, -0.05) is 19.9 Å². The van der Waals surface area contributed by atoms with Crippen molar-refractivity contribution < 1.29 is 13.9 Å². The number of carbonyl (C=O) groups is 1. The molecule has 3 heteroatoms. The minimum atomic E-state index is -0.329. The number of furan rings is 1. The highest BCUT2D eigenvalue weighted by molar-refractivity contribution is 6.04. The lowest BCUT2D eigenvalue weighted by atomic mass is 10.1. The molecule has 0 atom stereocenters. The van der Waals surface area contributed by atoms with Crippen LogP contribution < -0.4 is 0 Å². The molecule has 0 saturated heterocycles. The monoisotopic (exact) mass is 234 g/mol. The molecule has 2 aromatic rings. The summed E-state index contributed by atoms with van der Waals surface area (Å²) < 4.78 is 10.3. The first-order chi connectivity index (χ1) is 8.15. The van der Waals surface area contributed by atoms with E-state index in [0.717, 1.165) is 22.3 Å². The van der Waals surface area contributed by atoms with E-state index in [1.54, 1.807) is 12.1 Å². The van der Waals surface area contributed by atoms with E-state index in [1.165, 1.54) is 7.11 Å². The fourth-order valence-electron chi connectivity index (χ4n) is 1.70. The summed E-state index contributed by atoms with van der Waals surface area (Å²) in [4.78, 5) is 11.5. The number of rotatable bonds is 1. The van der Waals surface area contributed by atoms with Gasteiger partial charge in [-0.2, -0.15) is 0 Å². The first kappa shape index (κ1) is 13.3. The predicted octanol–water partition coefficient (Wildman–Crippen LogP) is 3.86. The molecule has 0 fully saturated rings. The molecule has 1 aromatic heterocycles. The molecule has 92 valence electrons. The summed E-state index contributed by atoms with van der Waals surface area (Å²) in [6.45, 7) is 7.82. The summed E-state index contributed by atoms with van der Waals surface area (Å²) >= 11 is 0. The van der Waals surface area contributed by atoms with Gasteiger partial charge in [-0.25, -0.2) is 4.79 Å². The first-order valence-electron chi connectivity index (χ1n) is 5.72. The van der Waals surface area contributed by atoms with E-state index in [9.17, 15) is 4.79 Å². The number of fused-ring (bicyclic) bond motifs is 1. The molecule has 1 heterocycles. The van der Waals surface area contributed by atoms with Gasteiger partial charge in [0.1, 0.15) is 11.3 Å². The normalized spacial score (nSPS) is 9.71. The summed E-state index contributed by atoms with van der Waals surface area (Å²) in [5.74, 6) is 0.505. The lowest BCUT2D eigenvalue weighted by Gasteiger charge is -2.00. The van der Waals surface area contributed by atoms with Crippen molar-refractivity contribution in [2.45, 2.75) is 27.7 Å². The zero-order valence-electron chi connectivity index (χ0n) is 11.0. The van der Waals surface area contributed by atoms with Gasteiger partial charge in [0.15, 0.2) is 0 Å². The number of methoxy groups -OCH3 is 1. The maximum atomic E-state index is 11.5. The van der Waals surface area contributed by atoms with Gasteiger partial charge in [0, 0.05) is 5.39 Å². The molecule has 0 unspecified atom stereocenters. The number of ether oxygens (including phenoxy) is 1. The lowest BCUT2D eigenvalue weighted by Crippen LogP contribution is -2.01. The Bertz CT molecular complexity index is 523. The van der Waals surface area contributed by atoms with Crippen LogP contribution in [0.1, 0.15) is 35.5 Å². The Kier molecular flexibility index (Phi) is 4.32. The SMILES string of the molecule is CC.COC(=O)c1cccc2oc(C)c(C)c12. The smallest absolute Gasteiger partial charge is 0.338 e. The van der Waals surface area contributed by atoms with Gasteiger partial charge in [0.25, 0.3) is 0 Å². The minimum Gasteiger partial charge on any atom is -0.465 e. The molecule has 1 aromatic carbocycles. The number of hydrogen-bond donors (Lipinski definition) is 0. The van der Waals surface area contributed by atoms with Crippen molar-refractivity contribution in [2.75, 3.05) is 7.11 Å². The molecule has 0 saturated carbocycles. The fraction of sp³-hybridized carbons (Fsp3) is 0.357. The van der Waals surface area contributed by atoms with Gasteiger partial charge in [-0.15, -0.1) is 0 Å². The number of benzene rings is 1. The molecule has 0 spiro atoms. The van der Waals surface area contributed by atoms with Gasteiger partial charge in [-0.3, -0.25) is 0 Å². The quantitative estimate of drug-likeness (QED) is 0.703. The van der Waals surface area contributed by atoms with Crippen LogP contribution >= 0.6 is 0 Å². The van der Waals surface area contributed by atoms with Crippen LogP contribution in [0.15, 0.2) is 22.6 Å². The van der Waals surface area contributed by atoms with Crippen molar-refractivity contribution in [3.8, 4) is 0 Å². The largest absolute Gasteiger partial charge is 0.465 e. The molecular formula is C14H18O3. The average molecular weight is 234 g/mol. The van der Waals surface area contributed by atoms with E-state index in [1.807, 2.05) is 33.8 Å². The number of carbonyl (C=O) groups excluding carboxylic acids is 1. The molecule has 0 aliphatic rings. The zero-order valence-corrected chi connectivity index (χ0v) is 11.0. The van der Waals surface area contributed by atoms with Crippen LogP contribution in [0.2, 0.25) is 0 Å². The molecule has 0 radical (unpaired) electrons. The summed E-state index contributed by atoms with van der Waals surface area (Å²) in [5.41, 5.74) is 2.28. The Morgan fingerprint density at radius 2 is 1.88 bits per heavy atom. The highest BCUT2D eigenvalue weighted by Gasteiger charge is 2.15. The summed E-state index contributed by atoms with van der Waals surface area (Å²) in [6, 6.07) is 5.38. The maximum absolute atomic E-state index is 11.5. The minimum absolute atomic E-state index is 0.329. The Balaban J connectivity index is 0.000000686. The second-order valence-corrected chi connectivity index (χ2v) is 3.45. The van der Waals surface area contributed by atoms with E-state index in [-0.39, 0.29) is 5.97 Å². The first-order valence-corrected chi connectivity index (χ1v) is 5.72. The molecule has 0 N–H and O–H groups in total. The third-order valence-electron chi connectivity index (χ3n) is 2.60. The van der Waals surface area contributed by atoms with Crippen LogP contribution in [0.25, 0.3) is 11.0 Å². The van der Waals surface area contributed by atoms with Gasteiger partial charge in [0.05, 0.1) is 12.7 Å². The Labute approximate surface area is 101 Å². The molecule has 0 aliphatic heterocycles. The number of aryl methyl sites for hydroxylation is 2. The number of esters is 1. The fourth-order valence-corrected chi connectivity index (χ4v) is 1.70. The van der Waals surface area contributed by atoms with Crippen molar-refractivity contribution in [3.63, 3.8) is 0 Å². The molecule has 0 bridgehead atoms. The summed E-state index contributed by atoms with van der Waals surface area (Å²) in [5, 5.41) is 0.849. The van der Waals surface area contributed by atoms with Crippen LogP contribution in [-0.2, 0) is 4.74 Å². The van der Waals surface area contributed by atoms with Crippen LogP contribution in [0, 0.1) is 13.8 Å². The molecule has 17 heavy (non-hydrogen) atoms. The predicted molar refractivity (Wildman–Crippen MR) is 68.4 cm³/mol. The van der Waals surface area contributed by atoms with E-state index in [4.69, 9.17) is 9.15 Å². The van der Waals surface area contributed by atoms with Gasteiger partial charge >= 0.3 is 5.97 Å². The van der Waals surface area contributed by atoms with Crippen LogP contribution in [0.5, 0.6) is 0 Å². The molecular weight excluding hydrogens is 216 g/mol. The topological polar surface area (TPSA) is 39.4 Å². The molecule has 2 rings (SSSR count). The molecule has 0 aliphatic carbocycles. The van der Waals surface area contributed by atoms with Gasteiger partial charge < -0.3 is 9.15 Å². The standard InChI is InChI=1S/C12H12O3.C2H6/c1-7-8(2)15-10-6-4-5-9(11(7)10)12(13)14-3;1-2/h4-6H,1-3H3;1-2H3.